The number of rotatable bonds is 2. The third kappa shape index (κ3) is 2.29. The first-order valence-electron chi connectivity index (χ1n) is 7.51. The van der Waals surface area contributed by atoms with Crippen LogP contribution in [0.15, 0.2) is 71.1 Å². The Morgan fingerprint density at radius 3 is 2.46 bits per heavy atom. The number of fused-ring (bicyclic) bond motifs is 1. The van der Waals surface area contributed by atoms with Crippen molar-refractivity contribution in [2.24, 2.45) is 0 Å². The van der Waals surface area contributed by atoms with E-state index in [-0.39, 0.29) is 5.82 Å². The summed E-state index contributed by atoms with van der Waals surface area (Å²) in [4.78, 5) is 4.36. The topological polar surface area (TPSA) is 75.8 Å². The quantitative estimate of drug-likeness (QED) is 0.586. The number of anilines is 1. The van der Waals surface area contributed by atoms with E-state index in [2.05, 4.69) is 11.1 Å². The van der Waals surface area contributed by atoms with Crippen LogP contribution in [0, 0.1) is 11.3 Å². The van der Waals surface area contributed by atoms with Crippen molar-refractivity contribution in [2.75, 3.05) is 5.73 Å². The Hall–Kier alpha value is -3.58. The monoisotopic (exact) mass is 311 g/mol. The minimum atomic E-state index is 0.203. The van der Waals surface area contributed by atoms with Gasteiger partial charge in [0, 0.05) is 10.9 Å². The van der Waals surface area contributed by atoms with Crippen LogP contribution in [0.25, 0.3) is 33.6 Å². The highest BCUT2D eigenvalue weighted by atomic mass is 16.3. The van der Waals surface area contributed by atoms with E-state index in [0.29, 0.717) is 17.0 Å². The Labute approximate surface area is 138 Å². The van der Waals surface area contributed by atoms with Gasteiger partial charge in [0.1, 0.15) is 28.7 Å². The maximum absolute atomic E-state index is 9.44. The Morgan fingerprint density at radius 2 is 1.71 bits per heavy atom. The molecule has 2 aromatic heterocycles. The second-order valence-corrected chi connectivity index (χ2v) is 5.44. The van der Waals surface area contributed by atoms with Crippen molar-refractivity contribution in [1.29, 1.82) is 5.26 Å². The molecule has 0 radical (unpaired) electrons. The van der Waals surface area contributed by atoms with Crippen LogP contribution in [-0.2, 0) is 0 Å². The smallest absolute Gasteiger partial charge is 0.153 e. The zero-order valence-electron chi connectivity index (χ0n) is 12.7. The molecule has 0 spiro atoms. The number of pyridine rings is 1. The molecule has 0 fully saturated rings. The van der Waals surface area contributed by atoms with Crippen molar-refractivity contribution in [2.45, 2.75) is 0 Å². The number of hydrogen-bond acceptors (Lipinski definition) is 4. The van der Waals surface area contributed by atoms with Gasteiger partial charge in [-0.2, -0.15) is 5.26 Å². The van der Waals surface area contributed by atoms with Gasteiger partial charge in [-0.25, -0.2) is 4.98 Å². The maximum atomic E-state index is 9.44. The highest BCUT2D eigenvalue weighted by Crippen LogP contribution is 2.33. The van der Waals surface area contributed by atoms with Crippen LogP contribution in [0.2, 0.25) is 0 Å². The van der Waals surface area contributed by atoms with Crippen LogP contribution in [0.5, 0.6) is 0 Å². The molecule has 0 aliphatic carbocycles. The standard InChI is InChI=1S/C20H13N3O/c21-12-16-15(13-6-2-1-3-7-13)11-17(23-20(16)22)19-10-14-8-4-5-9-18(14)24-19/h1-11H,(H2,22,23). The van der Waals surface area contributed by atoms with E-state index >= 15 is 0 Å². The number of aromatic nitrogens is 1. The number of benzene rings is 2. The summed E-state index contributed by atoms with van der Waals surface area (Å²) in [6, 6.07) is 23.4. The largest absolute Gasteiger partial charge is 0.454 e. The van der Waals surface area contributed by atoms with Gasteiger partial charge in [-0.1, -0.05) is 48.5 Å². The minimum absolute atomic E-state index is 0.203. The Morgan fingerprint density at radius 1 is 0.958 bits per heavy atom. The van der Waals surface area contributed by atoms with Gasteiger partial charge in [-0.3, -0.25) is 0 Å². The molecule has 24 heavy (non-hydrogen) atoms. The second kappa shape index (κ2) is 5.56. The average molecular weight is 311 g/mol. The van der Waals surface area contributed by atoms with Crippen molar-refractivity contribution in [3.8, 4) is 28.7 Å². The fourth-order valence-electron chi connectivity index (χ4n) is 2.76. The number of hydrogen-bond donors (Lipinski definition) is 1. The van der Waals surface area contributed by atoms with E-state index in [4.69, 9.17) is 10.2 Å². The summed E-state index contributed by atoms with van der Waals surface area (Å²) in [5, 5.41) is 10.4. The molecule has 0 amide bonds. The van der Waals surface area contributed by atoms with Crippen LogP contribution < -0.4 is 5.73 Å². The summed E-state index contributed by atoms with van der Waals surface area (Å²) in [6.45, 7) is 0. The van der Waals surface area contributed by atoms with E-state index < -0.39 is 0 Å². The van der Waals surface area contributed by atoms with Gasteiger partial charge in [0.15, 0.2) is 5.76 Å². The summed E-state index contributed by atoms with van der Waals surface area (Å²) >= 11 is 0. The van der Waals surface area contributed by atoms with Gasteiger partial charge >= 0.3 is 0 Å². The van der Waals surface area contributed by atoms with E-state index in [0.717, 1.165) is 22.1 Å². The molecule has 2 N–H and O–H groups in total. The first kappa shape index (κ1) is 14.0. The number of nitrogen functional groups attached to an aromatic ring is 1. The number of nitriles is 1. The van der Waals surface area contributed by atoms with E-state index in [9.17, 15) is 5.26 Å². The predicted molar refractivity (Wildman–Crippen MR) is 94.0 cm³/mol. The lowest BCUT2D eigenvalue weighted by Gasteiger charge is -2.08. The first-order chi connectivity index (χ1) is 11.8. The molecule has 4 rings (SSSR count). The van der Waals surface area contributed by atoms with Crippen molar-refractivity contribution in [1.82, 2.24) is 4.98 Å². The summed E-state index contributed by atoms with van der Waals surface area (Å²) in [6.07, 6.45) is 0. The maximum Gasteiger partial charge on any atom is 0.153 e. The molecule has 0 aliphatic rings. The zero-order valence-corrected chi connectivity index (χ0v) is 12.7. The molecule has 0 atom stereocenters. The van der Waals surface area contributed by atoms with E-state index in [1.54, 1.807) is 0 Å². The van der Waals surface area contributed by atoms with Gasteiger partial charge < -0.3 is 10.2 Å². The predicted octanol–water partition coefficient (Wildman–Crippen LogP) is 4.62. The molecule has 4 aromatic rings. The molecule has 0 aliphatic heterocycles. The molecule has 2 heterocycles. The lowest BCUT2D eigenvalue weighted by molar-refractivity contribution is 0.629. The van der Waals surface area contributed by atoms with Crippen LogP contribution in [0.1, 0.15) is 5.56 Å². The van der Waals surface area contributed by atoms with Gasteiger partial charge in [0.25, 0.3) is 0 Å². The van der Waals surface area contributed by atoms with E-state index in [1.165, 1.54) is 0 Å². The molecule has 4 heteroatoms. The molecular weight excluding hydrogens is 298 g/mol. The minimum Gasteiger partial charge on any atom is -0.454 e. The first-order valence-corrected chi connectivity index (χ1v) is 7.51. The highest BCUT2D eigenvalue weighted by Gasteiger charge is 2.15. The summed E-state index contributed by atoms with van der Waals surface area (Å²) in [7, 11) is 0. The van der Waals surface area contributed by atoms with Gasteiger partial charge in [0.05, 0.1) is 0 Å². The summed E-state index contributed by atoms with van der Waals surface area (Å²) < 4.78 is 5.87. The molecule has 0 saturated carbocycles. The summed E-state index contributed by atoms with van der Waals surface area (Å²) in [5.74, 6) is 0.832. The van der Waals surface area contributed by atoms with Gasteiger partial charge in [-0.15, -0.1) is 0 Å². The highest BCUT2D eigenvalue weighted by molar-refractivity contribution is 5.84. The van der Waals surface area contributed by atoms with Crippen LogP contribution in [0.4, 0.5) is 5.82 Å². The molecular formula is C20H13N3O. The molecule has 0 bridgehead atoms. The lowest BCUT2D eigenvalue weighted by Crippen LogP contribution is -1.99. The SMILES string of the molecule is N#Cc1c(-c2ccccc2)cc(-c2cc3ccccc3o2)nc1N. The average Bonchev–Trinajstić information content (AvgIpc) is 3.06. The Balaban J connectivity index is 1.94. The molecule has 4 nitrogen and oxygen atoms in total. The van der Waals surface area contributed by atoms with Crippen molar-refractivity contribution in [3.63, 3.8) is 0 Å². The second-order valence-electron chi connectivity index (χ2n) is 5.44. The van der Waals surface area contributed by atoms with Gasteiger partial charge in [-0.05, 0) is 23.8 Å². The van der Waals surface area contributed by atoms with E-state index in [1.807, 2.05) is 66.7 Å². The van der Waals surface area contributed by atoms with Gasteiger partial charge in [0.2, 0.25) is 0 Å². The van der Waals surface area contributed by atoms with Crippen LogP contribution in [0.3, 0.4) is 0 Å². The summed E-state index contributed by atoms with van der Waals surface area (Å²) in [5.41, 5.74) is 9.47. The van der Waals surface area contributed by atoms with Crippen molar-refractivity contribution >= 4 is 16.8 Å². The zero-order chi connectivity index (χ0) is 16.5. The normalized spacial score (nSPS) is 10.6. The van der Waals surface area contributed by atoms with Crippen LogP contribution >= 0.6 is 0 Å². The van der Waals surface area contributed by atoms with Crippen molar-refractivity contribution in [3.05, 3.63) is 72.3 Å². The fraction of sp³-hybridized carbons (Fsp3) is 0. The number of para-hydroxylation sites is 1. The third-order valence-electron chi connectivity index (χ3n) is 3.92. The lowest BCUT2D eigenvalue weighted by atomic mass is 10.00. The molecule has 0 unspecified atom stereocenters. The fourth-order valence-corrected chi connectivity index (χ4v) is 2.76. The number of furan rings is 1. The molecule has 0 saturated heterocycles. The number of nitrogens with zero attached hydrogens (tertiary/aromatic N) is 2. The third-order valence-corrected chi connectivity index (χ3v) is 3.92. The Kier molecular flexibility index (Phi) is 3.25. The van der Waals surface area contributed by atoms with Crippen LogP contribution in [-0.4, -0.2) is 4.98 Å². The van der Waals surface area contributed by atoms with Crippen molar-refractivity contribution < 1.29 is 4.42 Å². The Bertz CT molecular complexity index is 1040. The molecule has 114 valence electrons. The molecule has 2 aromatic carbocycles. The number of nitrogens with two attached hydrogens (primary N) is 1.